The fourth-order valence-electron chi connectivity index (χ4n) is 0.730. The van der Waals surface area contributed by atoms with Crippen LogP contribution < -0.4 is 0 Å². The van der Waals surface area contributed by atoms with E-state index in [9.17, 15) is 13.5 Å². The lowest BCUT2D eigenvalue weighted by Crippen LogP contribution is -1.98. The fourth-order valence-corrected chi connectivity index (χ4v) is 2.11. The Hall–Kier alpha value is -0.110. The molecule has 0 heterocycles. The van der Waals surface area contributed by atoms with Crippen LogP contribution in [-0.4, -0.2) is 18.1 Å². The number of phenols is 1. The second kappa shape index (κ2) is 3.56. The van der Waals surface area contributed by atoms with Crippen LogP contribution in [0.2, 0.25) is 0 Å². The van der Waals surface area contributed by atoms with E-state index in [-0.39, 0.29) is 4.47 Å². The minimum Gasteiger partial charge on any atom is -0.505 e. The summed E-state index contributed by atoms with van der Waals surface area (Å²) >= 11 is 6.01. The van der Waals surface area contributed by atoms with Gasteiger partial charge < -0.3 is 5.11 Å². The number of hydrogen-bond acceptors (Lipinski definition) is 3. The molecule has 0 radical (unpaired) electrons. The third-order valence-corrected chi connectivity index (χ3v) is 4.19. The first-order valence-corrected chi connectivity index (χ1v) is 6.01. The highest BCUT2D eigenvalue weighted by Gasteiger charge is 2.18. The maximum Gasteiger partial charge on any atom is 0.298 e. The van der Waals surface area contributed by atoms with E-state index in [1.165, 1.54) is 6.07 Å². The first-order chi connectivity index (χ1) is 5.84. The van der Waals surface area contributed by atoms with E-state index < -0.39 is 20.8 Å². The van der Waals surface area contributed by atoms with Gasteiger partial charge in [0.15, 0.2) is 5.75 Å². The van der Waals surface area contributed by atoms with Gasteiger partial charge in [-0.25, -0.2) is 0 Å². The lowest BCUT2D eigenvalue weighted by atomic mass is 10.3. The zero-order chi connectivity index (χ0) is 10.2. The zero-order valence-corrected chi connectivity index (χ0v) is 10.0. The van der Waals surface area contributed by atoms with Crippen molar-refractivity contribution < 1.29 is 18.1 Å². The third-order valence-electron chi connectivity index (χ3n) is 1.31. The molecule has 0 aliphatic carbocycles. The molecular formula is C6H4Br2O4S. The van der Waals surface area contributed by atoms with Crippen molar-refractivity contribution in [3.05, 3.63) is 21.1 Å². The summed E-state index contributed by atoms with van der Waals surface area (Å²) < 4.78 is 30.7. The van der Waals surface area contributed by atoms with Crippen molar-refractivity contribution in [2.24, 2.45) is 0 Å². The van der Waals surface area contributed by atoms with Crippen molar-refractivity contribution in [3.8, 4) is 5.75 Å². The summed E-state index contributed by atoms with van der Waals surface area (Å²) in [5.41, 5.74) is 0. The number of benzene rings is 1. The van der Waals surface area contributed by atoms with Crippen LogP contribution in [0.1, 0.15) is 0 Å². The summed E-state index contributed by atoms with van der Waals surface area (Å²) in [5, 5.41) is 9.30. The minimum atomic E-state index is -4.37. The van der Waals surface area contributed by atoms with Gasteiger partial charge in [-0.15, -0.1) is 0 Å². The Morgan fingerprint density at radius 1 is 1.23 bits per heavy atom. The average Bonchev–Trinajstić information content (AvgIpc) is 1.98. The van der Waals surface area contributed by atoms with Crippen LogP contribution in [0.3, 0.4) is 0 Å². The summed E-state index contributed by atoms with van der Waals surface area (Å²) in [6.07, 6.45) is 0. The van der Waals surface area contributed by atoms with Crippen molar-refractivity contribution in [1.29, 1.82) is 0 Å². The number of phenolic OH excluding ortho intramolecular Hbond substituents is 1. The second-order valence-electron chi connectivity index (χ2n) is 2.18. The molecule has 0 amide bonds. The molecule has 0 unspecified atom stereocenters. The van der Waals surface area contributed by atoms with Crippen molar-refractivity contribution in [2.45, 2.75) is 4.90 Å². The molecule has 1 rings (SSSR count). The molecule has 0 bridgehead atoms. The molecule has 2 N–H and O–H groups in total. The van der Waals surface area contributed by atoms with Gasteiger partial charge in [0.2, 0.25) is 0 Å². The first-order valence-electron chi connectivity index (χ1n) is 2.98. The molecular weight excluding hydrogens is 328 g/mol. The SMILES string of the molecule is O=S(=O)(O)c1ccc(Br)c(Br)c1O. The van der Waals surface area contributed by atoms with Crippen LogP contribution in [0.15, 0.2) is 26.0 Å². The molecule has 0 atom stereocenters. The van der Waals surface area contributed by atoms with E-state index >= 15 is 0 Å². The van der Waals surface area contributed by atoms with Crippen LogP contribution in [0, 0.1) is 0 Å². The molecule has 0 aliphatic rings. The Morgan fingerprint density at radius 3 is 2.23 bits per heavy atom. The highest BCUT2D eigenvalue weighted by Crippen LogP contribution is 2.36. The van der Waals surface area contributed by atoms with Crippen LogP contribution in [0.25, 0.3) is 0 Å². The smallest absolute Gasteiger partial charge is 0.298 e. The Balaban J connectivity index is 3.53. The predicted octanol–water partition coefficient (Wildman–Crippen LogP) is 2.16. The largest absolute Gasteiger partial charge is 0.505 e. The van der Waals surface area contributed by atoms with E-state index in [1.54, 1.807) is 0 Å². The molecule has 0 fully saturated rings. The summed E-state index contributed by atoms with van der Waals surface area (Å²) in [5.74, 6) is -0.517. The second-order valence-corrected chi connectivity index (χ2v) is 5.22. The third kappa shape index (κ3) is 2.22. The molecule has 0 aromatic heterocycles. The molecule has 72 valence electrons. The van der Waals surface area contributed by atoms with Gasteiger partial charge in [0, 0.05) is 4.47 Å². The highest BCUT2D eigenvalue weighted by molar-refractivity contribution is 9.13. The Morgan fingerprint density at radius 2 is 1.77 bits per heavy atom. The highest BCUT2D eigenvalue weighted by atomic mass is 79.9. The van der Waals surface area contributed by atoms with Gasteiger partial charge in [-0.1, -0.05) is 0 Å². The predicted molar refractivity (Wildman–Crippen MR) is 53.3 cm³/mol. The lowest BCUT2D eigenvalue weighted by molar-refractivity contribution is 0.440. The Labute approximate surface area is 91.6 Å². The molecule has 7 heteroatoms. The van der Waals surface area contributed by atoms with Crippen LogP contribution in [-0.2, 0) is 10.1 Å². The van der Waals surface area contributed by atoms with Gasteiger partial charge in [0.05, 0.1) is 4.47 Å². The fraction of sp³-hybridized carbons (Fsp3) is 0. The van der Waals surface area contributed by atoms with Crippen molar-refractivity contribution in [1.82, 2.24) is 0 Å². The standard InChI is InChI=1S/C6H4Br2O4S/c7-3-1-2-4(13(10,11)12)6(9)5(3)8/h1-2,9H,(H,10,11,12). The Bertz CT molecular complexity index is 440. The van der Waals surface area contributed by atoms with Crippen LogP contribution >= 0.6 is 31.9 Å². The van der Waals surface area contributed by atoms with Crippen molar-refractivity contribution in [3.63, 3.8) is 0 Å². The van der Waals surface area contributed by atoms with E-state index in [2.05, 4.69) is 31.9 Å². The molecule has 1 aromatic rings. The first kappa shape index (κ1) is 11.0. The molecule has 0 saturated heterocycles. The summed E-state index contributed by atoms with van der Waals surface area (Å²) in [6.45, 7) is 0. The minimum absolute atomic E-state index is 0.183. The average molecular weight is 332 g/mol. The Kier molecular flexibility index (Phi) is 3.01. The van der Waals surface area contributed by atoms with Crippen LogP contribution in [0.5, 0.6) is 5.75 Å². The number of halogens is 2. The van der Waals surface area contributed by atoms with Gasteiger partial charge in [0.25, 0.3) is 10.1 Å². The summed E-state index contributed by atoms with van der Waals surface area (Å²) in [7, 11) is -4.37. The van der Waals surface area contributed by atoms with E-state index in [0.29, 0.717) is 4.47 Å². The maximum absolute atomic E-state index is 10.7. The number of hydrogen-bond donors (Lipinski definition) is 2. The van der Waals surface area contributed by atoms with Gasteiger partial charge in [-0.05, 0) is 44.0 Å². The van der Waals surface area contributed by atoms with E-state index in [4.69, 9.17) is 4.55 Å². The molecule has 13 heavy (non-hydrogen) atoms. The number of aromatic hydroxyl groups is 1. The molecule has 4 nitrogen and oxygen atoms in total. The van der Waals surface area contributed by atoms with Gasteiger partial charge >= 0.3 is 0 Å². The molecule has 0 spiro atoms. The molecule has 0 saturated carbocycles. The summed E-state index contributed by atoms with van der Waals surface area (Å²) in [4.78, 5) is -0.525. The van der Waals surface area contributed by atoms with Gasteiger partial charge in [-0.3, -0.25) is 4.55 Å². The summed E-state index contributed by atoms with van der Waals surface area (Å²) in [6, 6.07) is 2.49. The zero-order valence-electron chi connectivity index (χ0n) is 6.03. The van der Waals surface area contributed by atoms with Gasteiger partial charge in [-0.2, -0.15) is 8.42 Å². The molecule has 0 aliphatic heterocycles. The monoisotopic (exact) mass is 330 g/mol. The number of rotatable bonds is 1. The molecule has 1 aromatic carbocycles. The maximum atomic E-state index is 10.7. The van der Waals surface area contributed by atoms with Crippen LogP contribution in [0.4, 0.5) is 0 Å². The van der Waals surface area contributed by atoms with E-state index in [1.807, 2.05) is 0 Å². The van der Waals surface area contributed by atoms with Crippen molar-refractivity contribution in [2.75, 3.05) is 0 Å². The van der Waals surface area contributed by atoms with Crippen molar-refractivity contribution >= 4 is 42.0 Å². The quantitative estimate of drug-likeness (QED) is 0.773. The van der Waals surface area contributed by atoms with Gasteiger partial charge in [0.1, 0.15) is 4.90 Å². The topological polar surface area (TPSA) is 74.6 Å². The van der Waals surface area contributed by atoms with E-state index in [0.717, 1.165) is 6.07 Å². The lowest BCUT2D eigenvalue weighted by Gasteiger charge is -2.04. The normalized spacial score (nSPS) is 11.6.